The van der Waals surface area contributed by atoms with Crippen LogP contribution in [0.4, 0.5) is 0 Å². The van der Waals surface area contributed by atoms with Crippen LogP contribution in [0.2, 0.25) is 0 Å². The molecule has 0 fully saturated rings. The van der Waals surface area contributed by atoms with E-state index in [1.807, 2.05) is 42.5 Å². The fourth-order valence-corrected chi connectivity index (χ4v) is 2.90. The molecule has 0 unspecified atom stereocenters. The molecule has 0 amide bonds. The van der Waals surface area contributed by atoms with Crippen molar-refractivity contribution in [3.8, 4) is 0 Å². The molecule has 0 aliphatic carbocycles. The molecule has 0 spiro atoms. The minimum absolute atomic E-state index is 0.107. The van der Waals surface area contributed by atoms with Gasteiger partial charge >= 0.3 is 5.97 Å². The van der Waals surface area contributed by atoms with E-state index in [0.29, 0.717) is 10.8 Å². The van der Waals surface area contributed by atoms with Crippen molar-refractivity contribution in [1.82, 2.24) is 10.2 Å². The molecule has 5 heteroatoms. The van der Waals surface area contributed by atoms with Gasteiger partial charge in [0.05, 0.1) is 5.39 Å². The summed E-state index contributed by atoms with van der Waals surface area (Å²) in [5.74, 6) is -0.569. The van der Waals surface area contributed by atoms with Crippen molar-refractivity contribution in [1.29, 1.82) is 0 Å². The molecule has 122 valence electrons. The maximum absolute atomic E-state index is 12.5. The molecule has 5 nitrogen and oxygen atoms in total. The Morgan fingerprint density at radius 1 is 0.880 bits per heavy atom. The quantitative estimate of drug-likeness (QED) is 0.584. The third kappa shape index (κ3) is 2.76. The predicted octanol–water partition coefficient (Wildman–Crippen LogP) is 3.43. The highest BCUT2D eigenvalue weighted by molar-refractivity contribution is 6.02. The number of nitrogens with one attached hydrogen (secondary N) is 1. The zero-order chi connectivity index (χ0) is 17.2. The molecule has 4 rings (SSSR count). The summed E-state index contributed by atoms with van der Waals surface area (Å²) in [6, 6.07) is 20.6. The Balaban J connectivity index is 1.65. The Morgan fingerprint density at radius 3 is 2.40 bits per heavy atom. The first-order chi connectivity index (χ1) is 12.2. The van der Waals surface area contributed by atoms with Crippen LogP contribution in [0.5, 0.6) is 0 Å². The van der Waals surface area contributed by atoms with Crippen LogP contribution >= 0.6 is 0 Å². The van der Waals surface area contributed by atoms with Crippen molar-refractivity contribution in [3.05, 3.63) is 88.3 Å². The van der Waals surface area contributed by atoms with Gasteiger partial charge in [0.15, 0.2) is 5.69 Å². The molecule has 0 bridgehead atoms. The average Bonchev–Trinajstić information content (AvgIpc) is 2.66. The van der Waals surface area contributed by atoms with E-state index in [0.717, 1.165) is 16.3 Å². The lowest BCUT2D eigenvalue weighted by Crippen LogP contribution is -2.16. The zero-order valence-corrected chi connectivity index (χ0v) is 13.2. The Labute approximate surface area is 142 Å². The number of H-pyrrole nitrogens is 1. The van der Waals surface area contributed by atoms with Gasteiger partial charge in [0.2, 0.25) is 0 Å². The summed E-state index contributed by atoms with van der Waals surface area (Å²) >= 11 is 0. The predicted molar refractivity (Wildman–Crippen MR) is 95.4 cm³/mol. The number of carbonyl (C=O) groups is 1. The number of hydrogen-bond acceptors (Lipinski definition) is 4. The second-order valence-corrected chi connectivity index (χ2v) is 5.66. The smallest absolute Gasteiger partial charge is 0.359 e. The van der Waals surface area contributed by atoms with Crippen LogP contribution in [0.1, 0.15) is 16.1 Å². The van der Waals surface area contributed by atoms with Crippen molar-refractivity contribution in [3.63, 3.8) is 0 Å². The molecule has 25 heavy (non-hydrogen) atoms. The van der Waals surface area contributed by atoms with Crippen LogP contribution in [-0.2, 0) is 11.3 Å². The number of ether oxygens (including phenoxy) is 1. The Morgan fingerprint density at radius 2 is 1.56 bits per heavy atom. The highest BCUT2D eigenvalue weighted by Gasteiger charge is 2.15. The first-order valence-corrected chi connectivity index (χ1v) is 7.85. The van der Waals surface area contributed by atoms with E-state index in [4.69, 9.17) is 4.74 Å². The first-order valence-electron chi connectivity index (χ1n) is 7.85. The van der Waals surface area contributed by atoms with E-state index in [9.17, 15) is 9.59 Å². The molecule has 3 aromatic carbocycles. The van der Waals surface area contributed by atoms with E-state index in [1.165, 1.54) is 0 Å². The van der Waals surface area contributed by atoms with E-state index >= 15 is 0 Å². The lowest BCUT2D eigenvalue weighted by atomic mass is 10.1. The number of benzene rings is 3. The average molecular weight is 330 g/mol. The van der Waals surface area contributed by atoms with Gasteiger partial charge in [0.25, 0.3) is 5.56 Å². The third-order valence-electron chi connectivity index (χ3n) is 4.13. The Bertz CT molecular complexity index is 1140. The number of aromatic amines is 1. The van der Waals surface area contributed by atoms with Gasteiger partial charge < -0.3 is 4.74 Å². The molecule has 0 aliphatic rings. The van der Waals surface area contributed by atoms with Gasteiger partial charge in [-0.15, -0.1) is 0 Å². The van der Waals surface area contributed by atoms with Crippen LogP contribution in [0.3, 0.4) is 0 Å². The molecule has 4 aromatic rings. The summed E-state index contributed by atoms with van der Waals surface area (Å²) in [6.07, 6.45) is 0. The minimum atomic E-state index is -0.569. The number of aromatic nitrogens is 2. The summed E-state index contributed by atoms with van der Waals surface area (Å²) in [5.41, 5.74) is 0.692. The molecule has 0 radical (unpaired) electrons. The normalized spacial score (nSPS) is 10.9. The summed E-state index contributed by atoms with van der Waals surface area (Å²) in [5, 5.41) is 9.23. The molecule has 0 aliphatic heterocycles. The summed E-state index contributed by atoms with van der Waals surface area (Å²) in [6.45, 7) is 0.134. The molecule has 0 atom stereocenters. The van der Waals surface area contributed by atoms with Gasteiger partial charge in [-0.2, -0.15) is 5.10 Å². The maximum Gasteiger partial charge on any atom is 0.359 e. The lowest BCUT2D eigenvalue weighted by Gasteiger charge is -2.08. The van der Waals surface area contributed by atoms with Gasteiger partial charge in [-0.3, -0.25) is 4.79 Å². The fraction of sp³-hybridized carbons (Fsp3) is 0.0500. The van der Waals surface area contributed by atoms with Gasteiger partial charge in [0, 0.05) is 5.39 Å². The maximum atomic E-state index is 12.5. The number of rotatable bonds is 3. The van der Waals surface area contributed by atoms with Crippen LogP contribution < -0.4 is 5.56 Å². The topological polar surface area (TPSA) is 72.0 Å². The fourth-order valence-electron chi connectivity index (χ4n) is 2.90. The van der Waals surface area contributed by atoms with Crippen LogP contribution in [-0.4, -0.2) is 16.2 Å². The van der Waals surface area contributed by atoms with Crippen LogP contribution in [0.15, 0.2) is 71.5 Å². The molecule has 0 saturated heterocycles. The monoisotopic (exact) mass is 330 g/mol. The highest BCUT2D eigenvalue weighted by Crippen LogP contribution is 2.20. The number of hydrogen-bond donors (Lipinski definition) is 1. The largest absolute Gasteiger partial charge is 0.456 e. The summed E-state index contributed by atoms with van der Waals surface area (Å²) in [4.78, 5) is 24.3. The number of esters is 1. The van der Waals surface area contributed by atoms with E-state index in [2.05, 4.69) is 10.2 Å². The van der Waals surface area contributed by atoms with Crippen molar-refractivity contribution >= 4 is 27.5 Å². The van der Waals surface area contributed by atoms with Crippen molar-refractivity contribution in [2.45, 2.75) is 6.61 Å². The first kappa shape index (κ1) is 15.1. The van der Waals surface area contributed by atoms with Crippen LogP contribution in [0.25, 0.3) is 21.5 Å². The van der Waals surface area contributed by atoms with E-state index in [1.54, 1.807) is 24.3 Å². The van der Waals surface area contributed by atoms with Gasteiger partial charge in [0.1, 0.15) is 6.61 Å². The van der Waals surface area contributed by atoms with Crippen LogP contribution in [0, 0.1) is 0 Å². The molecule has 1 N–H and O–H groups in total. The van der Waals surface area contributed by atoms with Gasteiger partial charge in [-0.1, -0.05) is 60.7 Å². The van der Waals surface area contributed by atoms with Gasteiger partial charge in [-0.25, -0.2) is 9.89 Å². The van der Waals surface area contributed by atoms with Crippen molar-refractivity contribution in [2.24, 2.45) is 0 Å². The number of carbonyl (C=O) groups excluding carboxylic acids is 1. The number of nitrogens with zero attached hydrogens (tertiary/aromatic N) is 1. The third-order valence-corrected chi connectivity index (χ3v) is 4.13. The molecular formula is C20H14N2O3. The molecule has 1 heterocycles. The van der Waals surface area contributed by atoms with Crippen molar-refractivity contribution in [2.75, 3.05) is 0 Å². The van der Waals surface area contributed by atoms with E-state index < -0.39 is 5.97 Å². The second kappa shape index (κ2) is 6.20. The zero-order valence-electron chi connectivity index (χ0n) is 13.2. The standard InChI is InChI=1S/C20H14N2O3/c23-19-17-11-4-3-10-16(17)18(21-22-19)20(24)25-12-14-8-5-7-13-6-1-2-9-15(13)14/h1-11H,12H2,(H,22,23). The Kier molecular flexibility index (Phi) is 3.74. The number of fused-ring (bicyclic) bond motifs is 2. The van der Waals surface area contributed by atoms with Crippen molar-refractivity contribution < 1.29 is 9.53 Å². The summed E-state index contributed by atoms with van der Waals surface area (Å²) in [7, 11) is 0. The molecular weight excluding hydrogens is 316 g/mol. The molecule has 0 saturated carbocycles. The Hall–Kier alpha value is -3.47. The van der Waals surface area contributed by atoms with Gasteiger partial charge in [-0.05, 0) is 22.4 Å². The van der Waals surface area contributed by atoms with E-state index in [-0.39, 0.29) is 17.9 Å². The second-order valence-electron chi connectivity index (χ2n) is 5.66. The highest BCUT2D eigenvalue weighted by atomic mass is 16.5. The minimum Gasteiger partial charge on any atom is -0.456 e. The SMILES string of the molecule is O=C(OCc1cccc2ccccc12)c1n[nH]c(=O)c2ccccc12. The molecule has 1 aromatic heterocycles. The lowest BCUT2D eigenvalue weighted by molar-refractivity contribution is 0.0468. The summed E-state index contributed by atoms with van der Waals surface area (Å²) < 4.78 is 5.45.